The third-order valence-corrected chi connectivity index (χ3v) is 2.92. The van der Waals surface area contributed by atoms with Gasteiger partial charge in [0.05, 0.1) is 0 Å². The Morgan fingerprint density at radius 1 is 1.35 bits per heavy atom. The van der Waals surface area contributed by atoms with Crippen molar-refractivity contribution >= 4 is 12.1 Å². The molecule has 0 aliphatic carbocycles. The van der Waals surface area contributed by atoms with Crippen molar-refractivity contribution in [2.24, 2.45) is 5.92 Å². The molecule has 0 aromatic heterocycles. The van der Waals surface area contributed by atoms with E-state index in [4.69, 9.17) is 4.74 Å². The molecule has 17 heavy (non-hydrogen) atoms. The minimum Gasteiger partial charge on any atom is -0.550 e. The molecule has 98 valence electrons. The maximum Gasteiger partial charge on any atom is 0.410 e. The number of carboxylic acids is 1. The molecule has 0 aromatic carbocycles. The van der Waals surface area contributed by atoms with Gasteiger partial charge in [0.15, 0.2) is 0 Å². The Bertz CT molecular complexity index is 308. The summed E-state index contributed by atoms with van der Waals surface area (Å²) in [7, 11) is 0. The highest BCUT2D eigenvalue weighted by Gasteiger charge is 2.34. The molecule has 0 aromatic rings. The van der Waals surface area contributed by atoms with Gasteiger partial charge >= 0.3 is 6.09 Å². The van der Waals surface area contributed by atoms with Gasteiger partial charge in [-0.2, -0.15) is 0 Å². The highest BCUT2D eigenvalue weighted by Crippen LogP contribution is 2.24. The molecule has 0 N–H and O–H groups in total. The van der Waals surface area contributed by atoms with Crippen molar-refractivity contribution in [2.45, 2.75) is 52.2 Å². The van der Waals surface area contributed by atoms with E-state index in [1.165, 1.54) is 4.90 Å². The lowest BCUT2D eigenvalue weighted by Crippen LogP contribution is -2.53. The Balaban J connectivity index is 2.70. The molecule has 0 spiro atoms. The van der Waals surface area contributed by atoms with Gasteiger partial charge in [0.2, 0.25) is 0 Å². The van der Waals surface area contributed by atoms with Crippen LogP contribution in [-0.2, 0) is 9.53 Å². The van der Waals surface area contributed by atoms with E-state index in [1.54, 1.807) is 27.7 Å². The Labute approximate surface area is 102 Å². The number of carbonyl (C=O) groups excluding carboxylic acids is 2. The third-order valence-electron chi connectivity index (χ3n) is 2.92. The Kier molecular flexibility index (Phi) is 4.01. The van der Waals surface area contributed by atoms with Gasteiger partial charge in [-0.25, -0.2) is 4.79 Å². The standard InChI is InChI=1S/C12H21NO4/c1-8-9(10(14)15)6-5-7-13(8)11(16)17-12(2,3)4/h8-9H,5-7H2,1-4H3,(H,14,15)/p-1/t8-,9-/m0/s1. The number of piperidine rings is 1. The van der Waals surface area contributed by atoms with Gasteiger partial charge < -0.3 is 19.5 Å². The average molecular weight is 242 g/mol. The van der Waals surface area contributed by atoms with Gasteiger partial charge in [0, 0.05) is 24.5 Å². The van der Waals surface area contributed by atoms with Crippen molar-refractivity contribution in [2.75, 3.05) is 6.54 Å². The van der Waals surface area contributed by atoms with E-state index < -0.39 is 23.6 Å². The lowest BCUT2D eigenvalue weighted by atomic mass is 9.91. The van der Waals surface area contributed by atoms with E-state index in [0.29, 0.717) is 19.4 Å². The summed E-state index contributed by atoms with van der Waals surface area (Å²) in [6.07, 6.45) is 0.779. The fourth-order valence-electron chi connectivity index (χ4n) is 2.04. The third kappa shape index (κ3) is 3.61. The Hall–Kier alpha value is -1.26. The number of nitrogens with zero attached hydrogens (tertiary/aromatic N) is 1. The molecule has 2 atom stereocenters. The van der Waals surface area contributed by atoms with Crippen molar-refractivity contribution in [3.05, 3.63) is 0 Å². The number of carbonyl (C=O) groups is 2. The highest BCUT2D eigenvalue weighted by atomic mass is 16.6. The first-order valence-electron chi connectivity index (χ1n) is 5.93. The molecular weight excluding hydrogens is 222 g/mol. The van der Waals surface area contributed by atoms with Gasteiger partial charge in [-0.15, -0.1) is 0 Å². The molecule has 1 saturated heterocycles. The minimum atomic E-state index is -1.09. The van der Waals surface area contributed by atoms with Gasteiger partial charge in [0.25, 0.3) is 0 Å². The number of ether oxygens (including phenoxy) is 1. The maximum absolute atomic E-state index is 11.9. The molecule has 1 heterocycles. The number of rotatable bonds is 1. The number of hydrogen-bond acceptors (Lipinski definition) is 4. The van der Waals surface area contributed by atoms with Crippen LogP contribution in [0, 0.1) is 5.92 Å². The molecule has 0 saturated carbocycles. The fourth-order valence-corrected chi connectivity index (χ4v) is 2.04. The molecule has 1 aliphatic rings. The summed E-state index contributed by atoms with van der Waals surface area (Å²) in [5.41, 5.74) is -0.564. The van der Waals surface area contributed by atoms with Gasteiger partial charge in [-0.3, -0.25) is 0 Å². The van der Waals surface area contributed by atoms with Crippen LogP contribution in [0.2, 0.25) is 0 Å². The Morgan fingerprint density at radius 2 is 1.94 bits per heavy atom. The molecule has 0 bridgehead atoms. The largest absolute Gasteiger partial charge is 0.550 e. The number of likely N-dealkylation sites (tertiary alicyclic amines) is 1. The van der Waals surface area contributed by atoms with Crippen LogP contribution >= 0.6 is 0 Å². The first-order chi connectivity index (χ1) is 7.72. The summed E-state index contributed by atoms with van der Waals surface area (Å²) in [5, 5.41) is 10.9. The monoisotopic (exact) mass is 242 g/mol. The summed E-state index contributed by atoms with van der Waals surface area (Å²) in [6, 6.07) is -0.372. The van der Waals surface area contributed by atoms with Crippen molar-refractivity contribution in [3.8, 4) is 0 Å². The fraction of sp³-hybridized carbons (Fsp3) is 0.833. The quantitative estimate of drug-likeness (QED) is 0.681. The second-order valence-electron chi connectivity index (χ2n) is 5.48. The molecule has 0 radical (unpaired) electrons. The van der Waals surface area contributed by atoms with Gasteiger partial charge in [-0.05, 0) is 40.5 Å². The summed E-state index contributed by atoms with van der Waals surface area (Å²) in [4.78, 5) is 24.3. The smallest absolute Gasteiger partial charge is 0.410 e. The SMILES string of the molecule is C[C@H]1[C@@H](C(=O)[O-])CCCN1C(=O)OC(C)(C)C. The second kappa shape index (κ2) is 4.94. The summed E-state index contributed by atoms with van der Waals surface area (Å²) in [5.74, 6) is -1.69. The molecule has 5 nitrogen and oxygen atoms in total. The molecule has 5 heteroatoms. The minimum absolute atomic E-state index is 0.372. The van der Waals surface area contributed by atoms with Crippen molar-refractivity contribution in [1.29, 1.82) is 0 Å². The topological polar surface area (TPSA) is 69.7 Å². The van der Waals surface area contributed by atoms with E-state index in [2.05, 4.69) is 0 Å². The van der Waals surface area contributed by atoms with Crippen molar-refractivity contribution in [3.63, 3.8) is 0 Å². The summed E-state index contributed by atoms with van der Waals surface area (Å²) < 4.78 is 5.25. The summed E-state index contributed by atoms with van der Waals surface area (Å²) >= 11 is 0. The first kappa shape index (κ1) is 13.8. The van der Waals surface area contributed by atoms with Crippen LogP contribution in [0.5, 0.6) is 0 Å². The Morgan fingerprint density at radius 3 is 2.41 bits per heavy atom. The van der Waals surface area contributed by atoms with Crippen LogP contribution in [0.15, 0.2) is 0 Å². The van der Waals surface area contributed by atoms with E-state index in [-0.39, 0.29) is 6.04 Å². The van der Waals surface area contributed by atoms with Crippen LogP contribution in [0.25, 0.3) is 0 Å². The second-order valence-corrected chi connectivity index (χ2v) is 5.48. The number of amides is 1. The van der Waals surface area contributed by atoms with Crippen LogP contribution in [0.3, 0.4) is 0 Å². The van der Waals surface area contributed by atoms with E-state index in [0.717, 1.165) is 0 Å². The van der Waals surface area contributed by atoms with Gasteiger partial charge in [-0.1, -0.05) is 0 Å². The zero-order valence-corrected chi connectivity index (χ0v) is 10.9. The van der Waals surface area contributed by atoms with Crippen LogP contribution in [0.1, 0.15) is 40.5 Å². The van der Waals surface area contributed by atoms with E-state index in [9.17, 15) is 14.7 Å². The predicted molar refractivity (Wildman–Crippen MR) is 60.1 cm³/mol. The van der Waals surface area contributed by atoms with Crippen molar-refractivity contribution < 1.29 is 19.4 Å². The summed E-state index contributed by atoms with van der Waals surface area (Å²) in [6.45, 7) is 7.63. The number of carboxylic acid groups (broad SMARTS) is 1. The van der Waals surface area contributed by atoms with E-state index >= 15 is 0 Å². The molecule has 1 aliphatic heterocycles. The average Bonchev–Trinajstić information content (AvgIpc) is 2.14. The predicted octanol–water partition coefficient (Wildman–Crippen LogP) is 0.772. The molecule has 0 unspecified atom stereocenters. The van der Waals surface area contributed by atoms with Crippen molar-refractivity contribution in [1.82, 2.24) is 4.90 Å². The van der Waals surface area contributed by atoms with Crippen LogP contribution < -0.4 is 5.11 Å². The number of hydrogen-bond donors (Lipinski definition) is 0. The zero-order chi connectivity index (χ0) is 13.2. The van der Waals surface area contributed by atoms with Crippen LogP contribution in [-0.4, -0.2) is 35.2 Å². The lowest BCUT2D eigenvalue weighted by molar-refractivity contribution is -0.314. The zero-order valence-electron chi connectivity index (χ0n) is 10.9. The van der Waals surface area contributed by atoms with Gasteiger partial charge in [0.1, 0.15) is 5.60 Å². The van der Waals surface area contributed by atoms with E-state index in [1.807, 2.05) is 0 Å². The first-order valence-corrected chi connectivity index (χ1v) is 5.93. The molecule has 1 rings (SSSR count). The lowest BCUT2D eigenvalue weighted by Gasteiger charge is -2.40. The normalized spacial score (nSPS) is 25.5. The molecule has 1 fully saturated rings. The maximum atomic E-state index is 11.9. The van der Waals surface area contributed by atoms with Crippen LogP contribution in [0.4, 0.5) is 4.79 Å². The molecular formula is C12H20NO4-. The highest BCUT2D eigenvalue weighted by molar-refractivity contribution is 5.73. The molecule has 1 amide bonds. The number of aliphatic carboxylic acids is 1.